The second-order valence-corrected chi connectivity index (χ2v) is 7.70. The van der Waals surface area contributed by atoms with Crippen molar-refractivity contribution in [2.75, 3.05) is 13.1 Å². The van der Waals surface area contributed by atoms with Crippen molar-refractivity contribution in [1.29, 1.82) is 0 Å². The van der Waals surface area contributed by atoms with Crippen LogP contribution in [0.2, 0.25) is 0 Å². The van der Waals surface area contributed by atoms with Crippen molar-refractivity contribution in [3.63, 3.8) is 0 Å². The average molecular weight is 317 g/mol. The minimum absolute atomic E-state index is 0.0756. The van der Waals surface area contributed by atoms with Gasteiger partial charge in [-0.15, -0.1) is 0 Å². The predicted molar refractivity (Wildman–Crippen MR) is 73.9 cm³/mol. The minimum atomic E-state index is -3.67. The maximum Gasteiger partial charge on any atom is 0.243 e. The fourth-order valence-corrected chi connectivity index (χ4v) is 4.23. The standard InChI is InChI=1S/C14H17F2NO3S/c1-10(18)11-3-5-12(6-4-11)21(19,20)17-8-14(2,9-17)7-13(15)16/h3-6,13H,7-9H2,1-2H3. The predicted octanol–water partition coefficient (Wildman–Crippen LogP) is 2.56. The number of benzene rings is 1. The van der Waals surface area contributed by atoms with Gasteiger partial charge in [0.05, 0.1) is 4.90 Å². The first-order chi connectivity index (χ1) is 9.64. The summed E-state index contributed by atoms with van der Waals surface area (Å²) in [4.78, 5) is 11.2. The molecule has 0 atom stereocenters. The van der Waals surface area contributed by atoms with Crippen molar-refractivity contribution in [3.05, 3.63) is 29.8 Å². The first-order valence-electron chi connectivity index (χ1n) is 6.53. The highest BCUT2D eigenvalue weighted by atomic mass is 32.2. The van der Waals surface area contributed by atoms with Gasteiger partial charge in [0.1, 0.15) is 0 Å². The Kier molecular flexibility index (Phi) is 4.17. The van der Waals surface area contributed by atoms with Crippen molar-refractivity contribution in [2.24, 2.45) is 5.41 Å². The fraction of sp³-hybridized carbons (Fsp3) is 0.500. The molecule has 1 aromatic rings. The van der Waals surface area contributed by atoms with Gasteiger partial charge in [0.15, 0.2) is 5.78 Å². The van der Waals surface area contributed by atoms with Crippen LogP contribution in [0.3, 0.4) is 0 Å². The number of Topliss-reactive ketones (excluding diaryl/α,β-unsaturated/α-hetero) is 1. The zero-order valence-electron chi connectivity index (χ0n) is 11.8. The van der Waals surface area contributed by atoms with Crippen LogP contribution in [0, 0.1) is 5.41 Å². The van der Waals surface area contributed by atoms with E-state index in [4.69, 9.17) is 0 Å². The number of rotatable bonds is 5. The fourth-order valence-electron chi connectivity index (χ4n) is 2.49. The van der Waals surface area contributed by atoms with Gasteiger partial charge in [0.2, 0.25) is 16.4 Å². The van der Waals surface area contributed by atoms with E-state index < -0.39 is 21.9 Å². The van der Waals surface area contributed by atoms with Gasteiger partial charge in [0, 0.05) is 30.5 Å². The van der Waals surface area contributed by atoms with E-state index in [0.717, 1.165) is 0 Å². The molecule has 1 aromatic carbocycles. The highest BCUT2D eigenvalue weighted by Gasteiger charge is 2.46. The second-order valence-electron chi connectivity index (χ2n) is 5.76. The Balaban J connectivity index is 2.12. The van der Waals surface area contributed by atoms with Gasteiger partial charge in [-0.1, -0.05) is 19.1 Å². The molecule has 0 saturated carbocycles. The summed E-state index contributed by atoms with van der Waals surface area (Å²) in [6.07, 6.45) is -2.74. The van der Waals surface area contributed by atoms with E-state index in [-0.39, 0.29) is 30.2 Å². The molecule has 0 amide bonds. The van der Waals surface area contributed by atoms with Crippen LogP contribution in [-0.4, -0.2) is 38.0 Å². The first-order valence-corrected chi connectivity index (χ1v) is 7.97. The Morgan fingerprint density at radius 2 is 1.81 bits per heavy atom. The third-order valence-electron chi connectivity index (χ3n) is 3.66. The third-order valence-corrected chi connectivity index (χ3v) is 5.47. The van der Waals surface area contributed by atoms with Crippen LogP contribution in [0.1, 0.15) is 30.6 Å². The summed E-state index contributed by atoms with van der Waals surface area (Å²) in [5, 5.41) is 0. The summed E-state index contributed by atoms with van der Waals surface area (Å²) in [5.74, 6) is -0.146. The molecule has 1 fully saturated rings. The zero-order valence-corrected chi connectivity index (χ0v) is 12.7. The van der Waals surface area contributed by atoms with Crippen molar-refractivity contribution < 1.29 is 22.0 Å². The summed E-state index contributed by atoms with van der Waals surface area (Å²) in [7, 11) is -3.67. The number of halogens is 2. The van der Waals surface area contributed by atoms with Crippen molar-refractivity contribution >= 4 is 15.8 Å². The Labute approximate surface area is 122 Å². The van der Waals surface area contributed by atoms with Crippen molar-refractivity contribution in [2.45, 2.75) is 31.6 Å². The molecular formula is C14H17F2NO3S. The lowest BCUT2D eigenvalue weighted by atomic mass is 9.81. The van der Waals surface area contributed by atoms with Crippen LogP contribution < -0.4 is 0 Å². The number of hydrogen-bond donors (Lipinski definition) is 0. The third kappa shape index (κ3) is 3.29. The van der Waals surface area contributed by atoms with Crippen LogP contribution in [0.5, 0.6) is 0 Å². The normalized spacial score (nSPS) is 18.5. The molecule has 1 saturated heterocycles. The van der Waals surface area contributed by atoms with Gasteiger partial charge in [-0.3, -0.25) is 4.79 Å². The highest BCUT2D eigenvalue weighted by molar-refractivity contribution is 7.89. The maximum atomic E-state index is 12.4. The number of nitrogens with zero attached hydrogens (tertiary/aromatic N) is 1. The maximum absolute atomic E-state index is 12.4. The smallest absolute Gasteiger partial charge is 0.243 e. The Bertz CT molecular complexity index is 635. The highest BCUT2D eigenvalue weighted by Crippen LogP contribution is 2.38. The van der Waals surface area contributed by atoms with Gasteiger partial charge in [-0.05, 0) is 19.1 Å². The van der Waals surface area contributed by atoms with Gasteiger partial charge in [0.25, 0.3) is 0 Å². The molecule has 0 aromatic heterocycles. The molecule has 0 radical (unpaired) electrons. The summed E-state index contributed by atoms with van der Waals surface area (Å²) >= 11 is 0. The summed E-state index contributed by atoms with van der Waals surface area (Å²) in [5.41, 5.74) is -0.235. The molecule has 116 valence electrons. The summed E-state index contributed by atoms with van der Waals surface area (Å²) < 4.78 is 50.7. The number of alkyl halides is 2. The van der Waals surface area contributed by atoms with Crippen LogP contribution >= 0.6 is 0 Å². The molecule has 0 aliphatic carbocycles. The van der Waals surface area contributed by atoms with Crippen LogP contribution in [0.15, 0.2) is 29.2 Å². The molecule has 1 heterocycles. The summed E-state index contributed by atoms with van der Waals surface area (Å²) in [6, 6.07) is 5.64. The number of ketones is 1. The van der Waals surface area contributed by atoms with E-state index in [1.165, 1.54) is 35.5 Å². The molecule has 7 heteroatoms. The Hall–Kier alpha value is -1.34. The van der Waals surface area contributed by atoms with E-state index in [9.17, 15) is 22.0 Å². The first kappa shape index (κ1) is 16.0. The topological polar surface area (TPSA) is 54.5 Å². The molecule has 1 aliphatic rings. The lowest BCUT2D eigenvalue weighted by Crippen LogP contribution is -2.57. The van der Waals surface area contributed by atoms with E-state index in [1.807, 2.05) is 0 Å². The zero-order chi connectivity index (χ0) is 15.8. The Morgan fingerprint density at radius 3 is 2.24 bits per heavy atom. The van der Waals surface area contributed by atoms with Crippen molar-refractivity contribution in [1.82, 2.24) is 4.31 Å². The molecule has 21 heavy (non-hydrogen) atoms. The van der Waals surface area contributed by atoms with Crippen LogP contribution in [0.25, 0.3) is 0 Å². The molecule has 1 aliphatic heterocycles. The molecule has 2 rings (SSSR count). The molecule has 0 unspecified atom stereocenters. The lowest BCUT2D eigenvalue weighted by Gasteiger charge is -2.46. The Morgan fingerprint density at radius 1 is 1.29 bits per heavy atom. The van der Waals surface area contributed by atoms with Gasteiger partial charge in [-0.2, -0.15) is 4.31 Å². The SMILES string of the molecule is CC(=O)c1ccc(S(=O)(=O)N2CC(C)(CC(F)F)C2)cc1. The van der Waals surface area contributed by atoms with E-state index in [1.54, 1.807) is 6.92 Å². The molecule has 0 N–H and O–H groups in total. The number of carbonyl (C=O) groups is 1. The lowest BCUT2D eigenvalue weighted by molar-refractivity contribution is 0.00978. The number of sulfonamides is 1. The van der Waals surface area contributed by atoms with Gasteiger partial charge < -0.3 is 0 Å². The van der Waals surface area contributed by atoms with E-state index >= 15 is 0 Å². The molecule has 0 spiro atoms. The number of hydrogen-bond acceptors (Lipinski definition) is 3. The van der Waals surface area contributed by atoms with Crippen LogP contribution in [-0.2, 0) is 10.0 Å². The molecular weight excluding hydrogens is 300 g/mol. The van der Waals surface area contributed by atoms with Gasteiger partial charge in [-0.25, -0.2) is 17.2 Å². The molecule has 4 nitrogen and oxygen atoms in total. The van der Waals surface area contributed by atoms with Gasteiger partial charge >= 0.3 is 0 Å². The molecule has 0 bridgehead atoms. The number of carbonyl (C=O) groups excluding carboxylic acids is 1. The largest absolute Gasteiger partial charge is 0.295 e. The van der Waals surface area contributed by atoms with Crippen molar-refractivity contribution in [3.8, 4) is 0 Å². The second kappa shape index (κ2) is 5.46. The average Bonchev–Trinajstić information content (AvgIpc) is 2.35. The summed E-state index contributed by atoms with van der Waals surface area (Å²) in [6.45, 7) is 3.24. The van der Waals surface area contributed by atoms with E-state index in [2.05, 4.69) is 0 Å². The van der Waals surface area contributed by atoms with Crippen LogP contribution in [0.4, 0.5) is 8.78 Å². The van der Waals surface area contributed by atoms with E-state index in [0.29, 0.717) is 5.56 Å². The minimum Gasteiger partial charge on any atom is -0.295 e. The quantitative estimate of drug-likeness (QED) is 0.784. The monoisotopic (exact) mass is 317 g/mol.